The van der Waals surface area contributed by atoms with Crippen LogP contribution in [-0.4, -0.2) is 7.11 Å². The van der Waals surface area contributed by atoms with Gasteiger partial charge in [-0.2, -0.15) is 0 Å². The fourth-order valence-corrected chi connectivity index (χ4v) is 3.08. The largest absolute Gasteiger partial charge is 0.497 e. The van der Waals surface area contributed by atoms with Crippen LogP contribution in [-0.2, 0) is 0 Å². The number of fused-ring (bicyclic) bond motifs is 1. The molecular formula is C16H16BrNO2. The fraction of sp³-hybridized carbons (Fsp3) is 0.250. The van der Waals surface area contributed by atoms with Crippen LogP contribution >= 0.6 is 15.9 Å². The van der Waals surface area contributed by atoms with Crippen LogP contribution in [0, 0.1) is 0 Å². The zero-order valence-electron chi connectivity index (χ0n) is 11.2. The van der Waals surface area contributed by atoms with Crippen molar-refractivity contribution in [2.24, 2.45) is 5.73 Å². The van der Waals surface area contributed by atoms with Crippen molar-refractivity contribution in [3.63, 3.8) is 0 Å². The van der Waals surface area contributed by atoms with Crippen LogP contribution in [0.2, 0.25) is 0 Å². The molecule has 104 valence electrons. The Bertz CT molecular complexity index is 630. The molecule has 0 radical (unpaired) electrons. The van der Waals surface area contributed by atoms with Crippen molar-refractivity contribution in [2.45, 2.75) is 18.6 Å². The number of rotatable bonds is 2. The van der Waals surface area contributed by atoms with Crippen molar-refractivity contribution >= 4 is 15.9 Å². The van der Waals surface area contributed by atoms with Gasteiger partial charge in [0.1, 0.15) is 17.6 Å². The summed E-state index contributed by atoms with van der Waals surface area (Å²) >= 11 is 3.57. The lowest BCUT2D eigenvalue weighted by Gasteiger charge is -2.31. The summed E-state index contributed by atoms with van der Waals surface area (Å²) in [4.78, 5) is 0. The van der Waals surface area contributed by atoms with Gasteiger partial charge in [-0.1, -0.05) is 34.1 Å². The van der Waals surface area contributed by atoms with Gasteiger partial charge in [0.2, 0.25) is 0 Å². The van der Waals surface area contributed by atoms with E-state index >= 15 is 0 Å². The van der Waals surface area contributed by atoms with Crippen LogP contribution in [0.4, 0.5) is 0 Å². The van der Waals surface area contributed by atoms with E-state index in [9.17, 15) is 0 Å². The summed E-state index contributed by atoms with van der Waals surface area (Å²) in [5, 5.41) is 0. The lowest BCUT2D eigenvalue weighted by atomic mass is 9.93. The lowest BCUT2D eigenvalue weighted by molar-refractivity contribution is 0.160. The molecule has 4 heteroatoms. The Hall–Kier alpha value is -1.52. The van der Waals surface area contributed by atoms with Gasteiger partial charge in [-0.25, -0.2) is 0 Å². The van der Waals surface area contributed by atoms with Crippen molar-refractivity contribution < 1.29 is 9.47 Å². The van der Waals surface area contributed by atoms with Crippen LogP contribution in [0.5, 0.6) is 11.5 Å². The second kappa shape index (κ2) is 5.46. The molecule has 2 atom stereocenters. The fourth-order valence-electron chi connectivity index (χ4n) is 2.54. The summed E-state index contributed by atoms with van der Waals surface area (Å²) in [6.45, 7) is 0. The maximum absolute atomic E-state index is 6.30. The van der Waals surface area contributed by atoms with Gasteiger partial charge in [-0.15, -0.1) is 0 Å². The zero-order valence-corrected chi connectivity index (χ0v) is 12.8. The quantitative estimate of drug-likeness (QED) is 0.903. The average Bonchev–Trinajstić information content (AvgIpc) is 2.47. The highest BCUT2D eigenvalue weighted by Gasteiger charge is 2.28. The molecule has 1 aliphatic heterocycles. The highest BCUT2D eigenvalue weighted by molar-refractivity contribution is 9.10. The van der Waals surface area contributed by atoms with E-state index < -0.39 is 0 Å². The third-order valence-corrected chi connectivity index (χ3v) is 4.33. The van der Waals surface area contributed by atoms with Gasteiger partial charge < -0.3 is 15.2 Å². The van der Waals surface area contributed by atoms with Crippen molar-refractivity contribution in [2.75, 3.05) is 7.11 Å². The number of hydrogen-bond acceptors (Lipinski definition) is 3. The molecule has 0 saturated heterocycles. The van der Waals surface area contributed by atoms with Gasteiger partial charge in [0, 0.05) is 28.1 Å². The molecule has 1 aliphatic rings. The molecule has 0 amide bonds. The minimum atomic E-state index is -0.0500. The van der Waals surface area contributed by atoms with Gasteiger partial charge >= 0.3 is 0 Å². The third-order valence-electron chi connectivity index (χ3n) is 3.61. The molecule has 2 N–H and O–H groups in total. The maximum Gasteiger partial charge on any atom is 0.127 e. The average molecular weight is 334 g/mol. The first-order chi connectivity index (χ1) is 9.69. The predicted molar refractivity (Wildman–Crippen MR) is 82.1 cm³/mol. The first-order valence-electron chi connectivity index (χ1n) is 6.53. The van der Waals surface area contributed by atoms with Crippen LogP contribution < -0.4 is 15.2 Å². The molecular weight excluding hydrogens is 318 g/mol. The second-order valence-electron chi connectivity index (χ2n) is 4.87. The molecule has 0 fully saturated rings. The number of nitrogens with two attached hydrogens (primary N) is 1. The minimum Gasteiger partial charge on any atom is -0.497 e. The number of hydrogen-bond donors (Lipinski definition) is 1. The maximum atomic E-state index is 6.30. The van der Waals surface area contributed by atoms with E-state index in [-0.39, 0.29) is 12.1 Å². The standard InChI is InChI=1S/C16H16BrNO2/c1-19-10-6-7-15-12(8-10)14(18)9-16(20-15)11-4-2-3-5-13(11)17/h2-8,14,16H,9,18H2,1H3/t14-,16?/m0/s1. The smallest absolute Gasteiger partial charge is 0.127 e. The van der Waals surface area contributed by atoms with Crippen molar-refractivity contribution in [1.29, 1.82) is 0 Å². The predicted octanol–water partition coefficient (Wildman–Crippen LogP) is 3.98. The molecule has 0 aliphatic carbocycles. The Balaban J connectivity index is 1.95. The molecule has 2 aromatic rings. The molecule has 0 bridgehead atoms. The molecule has 0 saturated carbocycles. The number of benzene rings is 2. The first kappa shape index (κ1) is 13.5. The van der Waals surface area contributed by atoms with Crippen molar-refractivity contribution in [3.05, 3.63) is 58.1 Å². The molecule has 3 rings (SSSR count). The number of methoxy groups -OCH3 is 1. The van der Waals surface area contributed by atoms with Crippen molar-refractivity contribution in [1.82, 2.24) is 0 Å². The van der Waals surface area contributed by atoms with Gasteiger partial charge in [-0.05, 0) is 24.3 Å². The Morgan fingerprint density at radius 2 is 2.00 bits per heavy atom. The molecule has 0 spiro atoms. The molecule has 20 heavy (non-hydrogen) atoms. The highest BCUT2D eigenvalue weighted by atomic mass is 79.9. The van der Waals surface area contributed by atoms with Gasteiger partial charge in [-0.3, -0.25) is 0 Å². The normalized spacial score (nSPS) is 20.9. The highest BCUT2D eigenvalue weighted by Crippen LogP contribution is 2.42. The number of ether oxygens (including phenoxy) is 2. The summed E-state index contributed by atoms with van der Waals surface area (Å²) in [5.41, 5.74) is 8.43. The van der Waals surface area contributed by atoms with Crippen molar-refractivity contribution in [3.8, 4) is 11.5 Å². The monoisotopic (exact) mass is 333 g/mol. The van der Waals surface area contributed by atoms with E-state index in [1.165, 1.54) is 0 Å². The van der Waals surface area contributed by atoms with E-state index in [1.54, 1.807) is 7.11 Å². The summed E-state index contributed by atoms with van der Waals surface area (Å²) in [6, 6.07) is 13.8. The minimum absolute atomic E-state index is 0.0264. The van der Waals surface area contributed by atoms with E-state index in [2.05, 4.69) is 22.0 Å². The Kier molecular flexibility index (Phi) is 3.68. The van der Waals surface area contributed by atoms with E-state index in [0.29, 0.717) is 0 Å². The molecule has 0 aromatic heterocycles. The number of halogens is 1. The SMILES string of the molecule is COc1ccc2c(c1)[C@@H](N)CC(c1ccccc1Br)O2. The van der Waals surface area contributed by atoms with Gasteiger partial charge in [0.05, 0.1) is 7.11 Å². The topological polar surface area (TPSA) is 44.5 Å². The van der Waals surface area contributed by atoms with Crippen LogP contribution in [0.3, 0.4) is 0 Å². The Morgan fingerprint density at radius 1 is 1.20 bits per heavy atom. The molecule has 2 aromatic carbocycles. The van der Waals surface area contributed by atoms with Crippen LogP contribution in [0.15, 0.2) is 46.9 Å². The summed E-state index contributed by atoms with van der Waals surface area (Å²) in [7, 11) is 1.65. The van der Waals surface area contributed by atoms with Crippen LogP contribution in [0.1, 0.15) is 29.7 Å². The third kappa shape index (κ3) is 2.41. The molecule has 1 heterocycles. The molecule has 1 unspecified atom stereocenters. The lowest BCUT2D eigenvalue weighted by Crippen LogP contribution is -2.24. The van der Waals surface area contributed by atoms with E-state index in [1.807, 2.05) is 36.4 Å². The molecule has 3 nitrogen and oxygen atoms in total. The Morgan fingerprint density at radius 3 is 2.75 bits per heavy atom. The van der Waals surface area contributed by atoms with Gasteiger partial charge in [0.25, 0.3) is 0 Å². The summed E-state index contributed by atoms with van der Waals surface area (Å²) < 4.78 is 12.4. The van der Waals surface area contributed by atoms with E-state index in [4.69, 9.17) is 15.2 Å². The van der Waals surface area contributed by atoms with E-state index in [0.717, 1.165) is 33.5 Å². The van der Waals surface area contributed by atoms with Gasteiger partial charge in [0.15, 0.2) is 0 Å². The zero-order chi connectivity index (χ0) is 14.1. The van der Waals surface area contributed by atoms with Crippen LogP contribution in [0.25, 0.3) is 0 Å². The summed E-state index contributed by atoms with van der Waals surface area (Å²) in [5.74, 6) is 1.65. The summed E-state index contributed by atoms with van der Waals surface area (Å²) in [6.07, 6.45) is 0.726. The second-order valence-corrected chi connectivity index (χ2v) is 5.73. The first-order valence-corrected chi connectivity index (χ1v) is 7.33. The Labute approximate surface area is 126 Å².